The van der Waals surface area contributed by atoms with Gasteiger partial charge < -0.3 is 9.80 Å². The Morgan fingerprint density at radius 2 is 2.00 bits per heavy atom. The summed E-state index contributed by atoms with van der Waals surface area (Å²) < 4.78 is 1.54. The Hall–Kier alpha value is -3.08. The highest BCUT2D eigenvalue weighted by molar-refractivity contribution is 5.83. The quantitative estimate of drug-likeness (QED) is 0.849. The second kappa shape index (κ2) is 6.76. The lowest BCUT2D eigenvalue weighted by Crippen LogP contribution is -2.55. The number of benzene rings is 1. The fourth-order valence-electron chi connectivity index (χ4n) is 4.95. The minimum atomic E-state index is -0.239. The van der Waals surface area contributed by atoms with Gasteiger partial charge in [-0.05, 0) is 43.2 Å². The van der Waals surface area contributed by atoms with Gasteiger partial charge in [0.15, 0.2) is 5.82 Å². The number of amides is 1. The number of carbonyl (C=O) groups is 1. The number of aromatic amines is 1. The van der Waals surface area contributed by atoms with Crippen molar-refractivity contribution in [2.75, 3.05) is 24.5 Å². The van der Waals surface area contributed by atoms with Gasteiger partial charge in [-0.3, -0.25) is 9.36 Å². The van der Waals surface area contributed by atoms with Gasteiger partial charge in [-0.1, -0.05) is 12.1 Å². The highest BCUT2D eigenvalue weighted by Crippen LogP contribution is 2.50. The Bertz CT molecular complexity index is 1040. The second-order valence-electron chi connectivity index (χ2n) is 8.44. The number of nitrogens with zero attached hydrogens (tertiary/aromatic N) is 5. The van der Waals surface area contributed by atoms with E-state index in [-0.39, 0.29) is 23.6 Å². The van der Waals surface area contributed by atoms with E-state index in [1.165, 1.54) is 12.8 Å². The number of aromatic nitrogens is 3. The maximum Gasteiger partial charge on any atom is 0.343 e. The maximum atomic E-state index is 13.4. The number of carbonyl (C=O) groups excluding carboxylic acids is 1. The maximum absolute atomic E-state index is 13.4. The number of nitrogens with one attached hydrogen (secondary N) is 1. The number of likely N-dealkylation sites (tertiary alicyclic amines) is 1. The van der Waals surface area contributed by atoms with Gasteiger partial charge in [0.25, 0.3) is 0 Å². The summed E-state index contributed by atoms with van der Waals surface area (Å²) >= 11 is 0. The fraction of sp³-hybridized carbons (Fsp3) is 0.524. The van der Waals surface area contributed by atoms with Gasteiger partial charge in [-0.2, -0.15) is 10.4 Å². The summed E-state index contributed by atoms with van der Waals surface area (Å²) in [4.78, 5) is 29.3. The van der Waals surface area contributed by atoms with E-state index in [9.17, 15) is 14.9 Å². The van der Waals surface area contributed by atoms with Crippen LogP contribution in [0.25, 0.3) is 0 Å². The van der Waals surface area contributed by atoms with E-state index in [1.54, 1.807) is 17.7 Å². The van der Waals surface area contributed by atoms with Crippen molar-refractivity contribution in [1.82, 2.24) is 19.7 Å². The van der Waals surface area contributed by atoms with E-state index in [0.29, 0.717) is 36.3 Å². The number of hydrogen-bond donors (Lipinski definition) is 1. The highest BCUT2D eigenvalue weighted by atomic mass is 16.2. The molecule has 8 nitrogen and oxygen atoms in total. The van der Waals surface area contributed by atoms with E-state index in [2.05, 4.69) is 21.2 Å². The Labute approximate surface area is 168 Å². The van der Waals surface area contributed by atoms with Crippen LogP contribution >= 0.6 is 0 Å². The fourth-order valence-corrected chi connectivity index (χ4v) is 4.95. The van der Waals surface area contributed by atoms with Crippen molar-refractivity contribution in [1.29, 1.82) is 5.26 Å². The third kappa shape index (κ3) is 2.92. The third-order valence-corrected chi connectivity index (χ3v) is 6.73. The van der Waals surface area contributed by atoms with Gasteiger partial charge in [0.2, 0.25) is 5.91 Å². The molecule has 2 unspecified atom stereocenters. The van der Waals surface area contributed by atoms with Gasteiger partial charge in [0.1, 0.15) is 6.07 Å². The van der Waals surface area contributed by atoms with Gasteiger partial charge >= 0.3 is 5.69 Å². The summed E-state index contributed by atoms with van der Waals surface area (Å²) in [6.45, 7) is 1.96. The lowest BCUT2D eigenvalue weighted by atomic mass is 9.92. The SMILES string of the molecule is Cn1c(C2C(C3CC3)CCN2C(=O)C2CN(c3ccccc3C#N)C2)n[nH]c1=O. The van der Waals surface area contributed by atoms with Gasteiger partial charge in [0.05, 0.1) is 23.2 Å². The van der Waals surface area contributed by atoms with Crippen molar-refractivity contribution >= 4 is 11.6 Å². The Morgan fingerprint density at radius 3 is 2.66 bits per heavy atom. The first-order chi connectivity index (χ1) is 14.1. The zero-order valence-electron chi connectivity index (χ0n) is 16.4. The lowest BCUT2D eigenvalue weighted by molar-refractivity contribution is -0.138. The summed E-state index contributed by atoms with van der Waals surface area (Å²) in [6, 6.07) is 9.60. The normalized spacial score (nSPS) is 24.4. The van der Waals surface area contributed by atoms with Crippen LogP contribution in [0.15, 0.2) is 29.1 Å². The molecule has 1 aromatic heterocycles. The standard InChI is InChI=1S/C21H24N6O2/c1-25-19(23-24-21(25)29)18-16(13-6-7-13)8-9-27(18)20(28)15-11-26(12-15)17-5-3-2-4-14(17)10-22/h2-5,13,15-16,18H,6-9,11-12H2,1H3,(H,24,29). The lowest BCUT2D eigenvalue weighted by Gasteiger charge is -2.43. The highest BCUT2D eigenvalue weighted by Gasteiger charge is 2.49. The van der Waals surface area contributed by atoms with E-state index >= 15 is 0 Å². The summed E-state index contributed by atoms with van der Waals surface area (Å²) in [7, 11) is 1.72. The molecule has 1 aliphatic carbocycles. The van der Waals surface area contributed by atoms with Crippen LogP contribution in [0.4, 0.5) is 5.69 Å². The second-order valence-corrected chi connectivity index (χ2v) is 8.44. The molecule has 3 fully saturated rings. The van der Waals surface area contributed by atoms with Crippen LogP contribution in [0, 0.1) is 29.1 Å². The van der Waals surface area contributed by atoms with Gasteiger partial charge in [-0.15, -0.1) is 0 Å². The Balaban J connectivity index is 1.35. The van der Waals surface area contributed by atoms with Crippen LogP contribution in [-0.4, -0.2) is 45.2 Å². The summed E-state index contributed by atoms with van der Waals surface area (Å²) in [5.74, 6) is 1.73. The van der Waals surface area contributed by atoms with Crippen molar-refractivity contribution < 1.29 is 4.79 Å². The number of rotatable bonds is 4. The number of anilines is 1. The molecule has 0 radical (unpaired) electrons. The molecular formula is C21H24N6O2. The van der Waals surface area contributed by atoms with E-state index < -0.39 is 0 Å². The first-order valence-electron chi connectivity index (χ1n) is 10.2. The predicted octanol–water partition coefficient (Wildman–Crippen LogP) is 1.42. The molecule has 5 rings (SSSR count). The molecule has 2 aliphatic heterocycles. The van der Waals surface area contributed by atoms with Crippen molar-refractivity contribution in [3.63, 3.8) is 0 Å². The van der Waals surface area contributed by atoms with Crippen molar-refractivity contribution in [2.45, 2.75) is 25.3 Å². The van der Waals surface area contributed by atoms with Crippen LogP contribution in [0.2, 0.25) is 0 Å². The Kier molecular flexibility index (Phi) is 4.19. The van der Waals surface area contributed by atoms with Crippen LogP contribution in [0.5, 0.6) is 0 Å². The number of H-pyrrole nitrogens is 1. The van der Waals surface area contributed by atoms with Crippen LogP contribution in [0.1, 0.15) is 36.7 Å². The molecular weight excluding hydrogens is 368 g/mol. The molecule has 1 N–H and O–H groups in total. The molecule has 1 amide bonds. The molecule has 2 saturated heterocycles. The van der Waals surface area contributed by atoms with Crippen LogP contribution < -0.4 is 10.6 Å². The van der Waals surface area contributed by atoms with Crippen molar-refractivity contribution in [3.05, 3.63) is 46.1 Å². The number of para-hydroxylation sites is 1. The summed E-state index contributed by atoms with van der Waals surface area (Å²) in [5.41, 5.74) is 1.29. The molecule has 0 spiro atoms. The van der Waals surface area contributed by atoms with Crippen LogP contribution in [-0.2, 0) is 11.8 Å². The van der Waals surface area contributed by atoms with E-state index in [4.69, 9.17) is 0 Å². The number of hydrogen-bond acceptors (Lipinski definition) is 5. The molecule has 2 aromatic rings. The minimum Gasteiger partial charge on any atom is -0.369 e. The van der Waals surface area contributed by atoms with E-state index in [1.807, 2.05) is 23.1 Å². The molecule has 0 bridgehead atoms. The van der Waals surface area contributed by atoms with Gasteiger partial charge in [-0.25, -0.2) is 9.89 Å². The largest absolute Gasteiger partial charge is 0.369 e. The zero-order valence-corrected chi connectivity index (χ0v) is 16.4. The van der Waals surface area contributed by atoms with Crippen molar-refractivity contribution in [2.24, 2.45) is 24.8 Å². The zero-order chi connectivity index (χ0) is 20.1. The number of nitriles is 1. The average molecular weight is 392 g/mol. The van der Waals surface area contributed by atoms with Crippen molar-refractivity contribution in [3.8, 4) is 6.07 Å². The molecule has 1 aromatic carbocycles. The molecule has 1 saturated carbocycles. The first kappa shape index (κ1) is 18.0. The molecule has 29 heavy (non-hydrogen) atoms. The molecule has 3 heterocycles. The van der Waals surface area contributed by atoms with Crippen LogP contribution in [0.3, 0.4) is 0 Å². The molecule has 3 aliphatic rings. The predicted molar refractivity (Wildman–Crippen MR) is 106 cm³/mol. The molecule has 150 valence electrons. The molecule has 8 heteroatoms. The summed E-state index contributed by atoms with van der Waals surface area (Å²) in [6.07, 6.45) is 3.36. The van der Waals surface area contributed by atoms with E-state index in [0.717, 1.165) is 18.7 Å². The third-order valence-electron chi connectivity index (χ3n) is 6.73. The van der Waals surface area contributed by atoms with Gasteiger partial charge in [0, 0.05) is 26.7 Å². The average Bonchev–Trinajstić information content (AvgIpc) is 3.37. The molecule has 2 atom stereocenters. The Morgan fingerprint density at radius 1 is 1.24 bits per heavy atom. The minimum absolute atomic E-state index is 0.0850. The monoisotopic (exact) mass is 392 g/mol. The smallest absolute Gasteiger partial charge is 0.343 e. The summed E-state index contributed by atoms with van der Waals surface area (Å²) in [5, 5.41) is 16.1. The topological polar surface area (TPSA) is 98.0 Å². The first-order valence-corrected chi connectivity index (χ1v) is 10.2.